The average Bonchev–Trinajstić information content (AvgIpc) is 2.63. The summed E-state index contributed by atoms with van der Waals surface area (Å²) in [4.78, 5) is 0. The minimum absolute atomic E-state index is 0.629. The Bertz CT molecular complexity index is 661. The van der Waals surface area contributed by atoms with Gasteiger partial charge in [0.25, 0.3) is 0 Å². The predicted octanol–water partition coefficient (Wildman–Crippen LogP) is 5.27. The van der Waals surface area contributed by atoms with E-state index in [-0.39, 0.29) is 0 Å². The summed E-state index contributed by atoms with van der Waals surface area (Å²) in [7, 11) is 1.66. The largest absolute Gasteiger partial charge is 0.497 e. The van der Waals surface area contributed by atoms with Crippen molar-refractivity contribution in [2.24, 2.45) is 0 Å². The van der Waals surface area contributed by atoms with Crippen LogP contribution in [0.3, 0.4) is 0 Å². The first-order valence-corrected chi connectivity index (χ1v) is 7.60. The lowest BCUT2D eigenvalue weighted by molar-refractivity contribution is 0.306. The minimum Gasteiger partial charge on any atom is -0.497 e. The van der Waals surface area contributed by atoms with Crippen LogP contribution < -0.4 is 9.47 Å². The number of ether oxygens (including phenoxy) is 2. The number of aryl methyl sites for hydroxylation is 1. The number of hydrogen-bond acceptors (Lipinski definition) is 2. The Labute approximate surface area is 138 Å². The van der Waals surface area contributed by atoms with Gasteiger partial charge in [0.2, 0.25) is 0 Å². The van der Waals surface area contributed by atoms with Gasteiger partial charge >= 0.3 is 0 Å². The molecule has 2 heteroatoms. The molecule has 3 aromatic rings. The molecule has 0 saturated carbocycles. The Balaban J connectivity index is 0.000000203. The molecule has 0 spiro atoms. The van der Waals surface area contributed by atoms with Gasteiger partial charge in [-0.1, -0.05) is 66.2 Å². The highest BCUT2D eigenvalue weighted by molar-refractivity contribution is 5.26. The van der Waals surface area contributed by atoms with Crippen LogP contribution in [0.1, 0.15) is 11.1 Å². The molecule has 0 radical (unpaired) electrons. The first-order chi connectivity index (χ1) is 11.3. The van der Waals surface area contributed by atoms with Crippen molar-refractivity contribution in [3.8, 4) is 11.5 Å². The summed E-state index contributed by atoms with van der Waals surface area (Å²) < 4.78 is 10.6. The van der Waals surface area contributed by atoms with Crippen molar-refractivity contribution in [3.63, 3.8) is 0 Å². The van der Waals surface area contributed by atoms with E-state index in [4.69, 9.17) is 9.47 Å². The number of benzene rings is 3. The lowest BCUT2D eigenvalue weighted by Gasteiger charge is -2.06. The zero-order valence-electron chi connectivity index (χ0n) is 13.6. The Morgan fingerprint density at radius 2 is 1.22 bits per heavy atom. The van der Waals surface area contributed by atoms with Crippen LogP contribution >= 0.6 is 0 Å². The molecule has 0 saturated heterocycles. The summed E-state index contributed by atoms with van der Waals surface area (Å²) in [5.41, 5.74) is 2.44. The minimum atomic E-state index is 0.629. The van der Waals surface area contributed by atoms with Gasteiger partial charge in [-0.05, 0) is 36.8 Å². The van der Waals surface area contributed by atoms with Gasteiger partial charge in [0, 0.05) is 0 Å². The summed E-state index contributed by atoms with van der Waals surface area (Å²) in [5, 5.41) is 0. The van der Waals surface area contributed by atoms with Crippen LogP contribution in [0.2, 0.25) is 0 Å². The maximum atomic E-state index is 5.65. The first kappa shape index (κ1) is 16.6. The molecule has 0 aliphatic carbocycles. The molecule has 0 unspecified atom stereocenters. The molecule has 0 aliphatic rings. The van der Waals surface area contributed by atoms with E-state index < -0.39 is 0 Å². The second-order valence-corrected chi connectivity index (χ2v) is 5.10. The summed E-state index contributed by atoms with van der Waals surface area (Å²) in [6.45, 7) is 2.70. The molecule has 3 aromatic carbocycles. The van der Waals surface area contributed by atoms with Crippen molar-refractivity contribution in [2.75, 3.05) is 7.11 Å². The average molecular weight is 306 g/mol. The van der Waals surface area contributed by atoms with Gasteiger partial charge in [0.05, 0.1) is 7.11 Å². The Morgan fingerprint density at radius 1 is 0.652 bits per heavy atom. The molecule has 23 heavy (non-hydrogen) atoms. The molecule has 0 fully saturated rings. The van der Waals surface area contributed by atoms with E-state index in [1.54, 1.807) is 7.11 Å². The zero-order valence-corrected chi connectivity index (χ0v) is 13.6. The fourth-order valence-electron chi connectivity index (χ4n) is 1.93. The third-order valence-electron chi connectivity index (χ3n) is 3.25. The molecule has 0 N–H and O–H groups in total. The number of rotatable bonds is 4. The Hall–Kier alpha value is -2.74. The zero-order chi connectivity index (χ0) is 16.3. The van der Waals surface area contributed by atoms with Gasteiger partial charge in [0.15, 0.2) is 0 Å². The van der Waals surface area contributed by atoms with Crippen molar-refractivity contribution in [2.45, 2.75) is 13.5 Å². The van der Waals surface area contributed by atoms with E-state index in [0.29, 0.717) is 6.61 Å². The molecular formula is C21H22O2. The monoisotopic (exact) mass is 306 g/mol. The van der Waals surface area contributed by atoms with Crippen molar-refractivity contribution in [1.29, 1.82) is 0 Å². The van der Waals surface area contributed by atoms with E-state index in [9.17, 15) is 0 Å². The summed E-state index contributed by atoms with van der Waals surface area (Å²) in [6.07, 6.45) is 0. The van der Waals surface area contributed by atoms with Gasteiger partial charge in [-0.25, -0.2) is 0 Å². The first-order valence-electron chi connectivity index (χ1n) is 7.60. The second kappa shape index (κ2) is 9.31. The van der Waals surface area contributed by atoms with E-state index in [0.717, 1.165) is 11.5 Å². The normalized spacial score (nSPS) is 9.48. The van der Waals surface area contributed by atoms with E-state index >= 15 is 0 Å². The maximum absolute atomic E-state index is 5.65. The molecule has 118 valence electrons. The van der Waals surface area contributed by atoms with Crippen LogP contribution in [-0.2, 0) is 6.61 Å². The van der Waals surface area contributed by atoms with Gasteiger partial charge in [0.1, 0.15) is 18.1 Å². The van der Waals surface area contributed by atoms with Crippen LogP contribution in [0, 0.1) is 6.92 Å². The molecule has 0 aromatic heterocycles. The highest BCUT2D eigenvalue weighted by Crippen LogP contribution is 2.13. The van der Waals surface area contributed by atoms with Crippen LogP contribution in [0.5, 0.6) is 11.5 Å². The molecule has 0 aliphatic heterocycles. The Kier molecular flexibility index (Phi) is 6.73. The number of para-hydroxylation sites is 1. The van der Waals surface area contributed by atoms with Gasteiger partial charge in [-0.15, -0.1) is 0 Å². The second-order valence-electron chi connectivity index (χ2n) is 5.10. The van der Waals surface area contributed by atoms with Gasteiger partial charge in [-0.2, -0.15) is 0 Å². The lowest BCUT2D eigenvalue weighted by Crippen LogP contribution is -1.94. The van der Waals surface area contributed by atoms with Crippen LogP contribution in [-0.4, -0.2) is 7.11 Å². The van der Waals surface area contributed by atoms with Crippen molar-refractivity contribution in [3.05, 3.63) is 96.1 Å². The predicted molar refractivity (Wildman–Crippen MR) is 94.9 cm³/mol. The molecule has 0 bridgehead atoms. The van der Waals surface area contributed by atoms with Crippen LogP contribution in [0.15, 0.2) is 84.9 Å². The molecule has 0 heterocycles. The fourth-order valence-corrected chi connectivity index (χ4v) is 1.93. The maximum Gasteiger partial charge on any atom is 0.119 e. The van der Waals surface area contributed by atoms with Crippen molar-refractivity contribution >= 4 is 0 Å². The van der Waals surface area contributed by atoms with E-state index in [1.165, 1.54) is 11.1 Å². The third-order valence-corrected chi connectivity index (χ3v) is 3.25. The molecule has 3 rings (SSSR count). The number of methoxy groups -OCH3 is 1. The quantitative estimate of drug-likeness (QED) is 0.654. The highest BCUT2D eigenvalue weighted by Gasteiger charge is 1.94. The smallest absolute Gasteiger partial charge is 0.119 e. The summed E-state index contributed by atoms with van der Waals surface area (Å²) >= 11 is 0. The standard InChI is InChI=1S/C14H14O.C7H8O/c1-12-7-9-14(10-8-12)15-11-13-5-3-2-4-6-13;1-8-7-5-3-2-4-6-7/h2-10H,11H2,1H3;2-6H,1H3. The molecule has 0 amide bonds. The molecule has 0 atom stereocenters. The van der Waals surface area contributed by atoms with Gasteiger partial charge in [-0.3, -0.25) is 0 Å². The molecular weight excluding hydrogens is 284 g/mol. The van der Waals surface area contributed by atoms with E-state index in [2.05, 4.69) is 31.2 Å². The van der Waals surface area contributed by atoms with Crippen LogP contribution in [0.25, 0.3) is 0 Å². The Morgan fingerprint density at radius 3 is 1.74 bits per heavy atom. The highest BCUT2D eigenvalue weighted by atomic mass is 16.5. The third kappa shape index (κ3) is 6.27. The fraction of sp³-hybridized carbons (Fsp3) is 0.143. The van der Waals surface area contributed by atoms with Crippen LogP contribution in [0.4, 0.5) is 0 Å². The summed E-state index contributed by atoms with van der Waals surface area (Å²) in [5.74, 6) is 1.83. The van der Waals surface area contributed by atoms with Gasteiger partial charge < -0.3 is 9.47 Å². The number of hydrogen-bond donors (Lipinski definition) is 0. The van der Waals surface area contributed by atoms with Crippen molar-refractivity contribution in [1.82, 2.24) is 0 Å². The SMILES string of the molecule is COc1ccccc1.Cc1ccc(OCc2ccccc2)cc1. The molecule has 2 nitrogen and oxygen atoms in total. The van der Waals surface area contributed by atoms with E-state index in [1.807, 2.05) is 60.7 Å². The lowest BCUT2D eigenvalue weighted by atomic mass is 10.2. The topological polar surface area (TPSA) is 18.5 Å². The summed E-state index contributed by atoms with van der Waals surface area (Å²) in [6, 6.07) is 28.0. The van der Waals surface area contributed by atoms with Crippen molar-refractivity contribution < 1.29 is 9.47 Å².